The Bertz CT molecular complexity index is 641. The SMILES string of the molecule is CCCCCCCCCCCCCCCCCCCCCCCCCCCCC=C(C=S(=O)=O)CCCCCC. The Kier molecular flexibility index (Phi) is 34.1. The van der Waals surface area contributed by atoms with Gasteiger partial charge in [0.1, 0.15) is 0 Å². The monoisotopic (exact) mass is 581 g/mol. The lowest BCUT2D eigenvalue weighted by Crippen LogP contribution is -1.89. The van der Waals surface area contributed by atoms with Gasteiger partial charge in [0, 0.05) is 0 Å². The summed E-state index contributed by atoms with van der Waals surface area (Å²) in [6.45, 7) is 4.51. The number of unbranched alkanes of at least 4 members (excludes halogenated alkanes) is 29. The first-order chi connectivity index (χ1) is 19.7. The van der Waals surface area contributed by atoms with Crippen molar-refractivity contribution >= 4 is 15.7 Å². The molecular weight excluding hydrogens is 508 g/mol. The smallest absolute Gasteiger partial charge is 0.185 e. The lowest BCUT2D eigenvalue weighted by Gasteiger charge is -2.04. The Labute approximate surface area is 254 Å². The third-order valence-corrected chi connectivity index (χ3v) is 9.03. The molecule has 0 aromatic rings. The van der Waals surface area contributed by atoms with Gasteiger partial charge >= 0.3 is 0 Å². The van der Waals surface area contributed by atoms with Crippen LogP contribution < -0.4 is 0 Å². The van der Waals surface area contributed by atoms with Crippen LogP contribution in [0.5, 0.6) is 0 Å². The molecule has 0 radical (unpaired) electrons. The zero-order valence-electron chi connectivity index (χ0n) is 27.5. The Morgan fingerprint density at radius 1 is 0.400 bits per heavy atom. The first-order valence-electron chi connectivity index (χ1n) is 18.3. The number of allylic oxidation sites excluding steroid dienone is 2. The summed E-state index contributed by atoms with van der Waals surface area (Å²) in [7, 11) is -2.07. The van der Waals surface area contributed by atoms with E-state index >= 15 is 0 Å². The third-order valence-electron chi connectivity index (χ3n) is 8.53. The zero-order chi connectivity index (χ0) is 29.2. The zero-order valence-corrected chi connectivity index (χ0v) is 28.3. The van der Waals surface area contributed by atoms with Crippen molar-refractivity contribution in [2.75, 3.05) is 0 Å². The van der Waals surface area contributed by atoms with E-state index in [0.717, 1.165) is 24.8 Å². The Hall–Kier alpha value is -0.570. The molecule has 40 heavy (non-hydrogen) atoms. The van der Waals surface area contributed by atoms with Gasteiger partial charge in [0.2, 0.25) is 10.3 Å². The maximum absolute atomic E-state index is 11.1. The summed E-state index contributed by atoms with van der Waals surface area (Å²) in [4.78, 5) is 0. The van der Waals surface area contributed by atoms with Crippen LogP contribution in [0, 0.1) is 0 Å². The Balaban J connectivity index is 3.31. The third kappa shape index (κ3) is 33.6. The van der Waals surface area contributed by atoms with E-state index < -0.39 is 10.3 Å². The molecule has 0 atom stereocenters. The first-order valence-corrected chi connectivity index (χ1v) is 19.5. The van der Waals surface area contributed by atoms with Crippen LogP contribution in [-0.2, 0) is 10.3 Å². The molecule has 0 bridgehead atoms. The molecule has 0 aromatic heterocycles. The summed E-state index contributed by atoms with van der Waals surface area (Å²) in [5.74, 6) is 0. The van der Waals surface area contributed by atoms with Crippen LogP contribution >= 0.6 is 0 Å². The highest BCUT2D eigenvalue weighted by molar-refractivity contribution is 7.71. The van der Waals surface area contributed by atoms with Gasteiger partial charge in [-0.2, -0.15) is 8.42 Å². The molecule has 0 aliphatic heterocycles. The number of hydrogen-bond donors (Lipinski definition) is 0. The van der Waals surface area contributed by atoms with Crippen molar-refractivity contribution < 1.29 is 8.42 Å². The molecule has 0 fully saturated rings. The maximum atomic E-state index is 11.1. The predicted octanol–water partition coefficient (Wildman–Crippen LogP) is 13.1. The summed E-state index contributed by atoms with van der Waals surface area (Å²) in [6.07, 6.45) is 45.9. The van der Waals surface area contributed by atoms with Crippen LogP contribution in [0.1, 0.15) is 219 Å². The van der Waals surface area contributed by atoms with Crippen LogP contribution in [0.3, 0.4) is 0 Å². The van der Waals surface area contributed by atoms with Crippen LogP contribution in [0.4, 0.5) is 0 Å². The van der Waals surface area contributed by atoms with E-state index in [1.807, 2.05) is 0 Å². The van der Waals surface area contributed by atoms with Crippen LogP contribution in [0.15, 0.2) is 11.6 Å². The van der Waals surface area contributed by atoms with Crippen LogP contribution in [-0.4, -0.2) is 13.8 Å². The van der Waals surface area contributed by atoms with E-state index in [1.165, 1.54) is 192 Å². The van der Waals surface area contributed by atoms with Crippen molar-refractivity contribution in [1.82, 2.24) is 0 Å². The van der Waals surface area contributed by atoms with Crippen LogP contribution in [0.25, 0.3) is 0 Å². The van der Waals surface area contributed by atoms with Gasteiger partial charge in [-0.05, 0) is 31.3 Å². The predicted molar refractivity (Wildman–Crippen MR) is 182 cm³/mol. The van der Waals surface area contributed by atoms with E-state index in [9.17, 15) is 8.42 Å². The Morgan fingerprint density at radius 2 is 0.675 bits per heavy atom. The fourth-order valence-electron chi connectivity index (χ4n) is 5.84. The molecule has 0 aliphatic carbocycles. The lowest BCUT2D eigenvalue weighted by atomic mass is 10.0. The van der Waals surface area contributed by atoms with Crippen molar-refractivity contribution in [3.05, 3.63) is 11.6 Å². The van der Waals surface area contributed by atoms with E-state index in [4.69, 9.17) is 0 Å². The first kappa shape index (κ1) is 39.4. The summed E-state index contributed by atoms with van der Waals surface area (Å²) in [6, 6.07) is 0. The minimum absolute atomic E-state index is 0.910. The molecule has 0 N–H and O–H groups in total. The molecule has 0 saturated carbocycles. The number of hydrogen-bond acceptors (Lipinski definition) is 2. The average molecular weight is 581 g/mol. The normalized spacial score (nSPS) is 11.8. The molecule has 0 saturated heterocycles. The second kappa shape index (κ2) is 34.6. The van der Waals surface area contributed by atoms with E-state index in [0.29, 0.717) is 0 Å². The minimum atomic E-state index is -2.07. The van der Waals surface area contributed by atoms with E-state index in [2.05, 4.69) is 19.9 Å². The molecule has 0 unspecified atom stereocenters. The minimum Gasteiger partial charge on any atom is -0.185 e. The van der Waals surface area contributed by atoms with Crippen molar-refractivity contribution in [3.8, 4) is 0 Å². The Morgan fingerprint density at radius 3 is 0.975 bits per heavy atom. The largest absolute Gasteiger partial charge is 0.214 e. The molecule has 0 amide bonds. The van der Waals surface area contributed by atoms with Crippen molar-refractivity contribution in [2.45, 2.75) is 219 Å². The lowest BCUT2D eigenvalue weighted by molar-refractivity contribution is 0.515. The molecule has 0 rings (SSSR count). The van der Waals surface area contributed by atoms with Crippen molar-refractivity contribution in [3.63, 3.8) is 0 Å². The molecule has 3 heteroatoms. The average Bonchev–Trinajstić information content (AvgIpc) is 2.94. The van der Waals surface area contributed by atoms with Gasteiger partial charge in [0.15, 0.2) is 0 Å². The quantitative estimate of drug-likeness (QED) is 0.0439. The molecule has 2 nitrogen and oxygen atoms in total. The van der Waals surface area contributed by atoms with Gasteiger partial charge in [0.25, 0.3) is 0 Å². The van der Waals surface area contributed by atoms with Crippen molar-refractivity contribution in [2.24, 2.45) is 0 Å². The summed E-state index contributed by atoms with van der Waals surface area (Å²) >= 11 is 0. The highest BCUT2D eigenvalue weighted by Crippen LogP contribution is 2.16. The van der Waals surface area contributed by atoms with E-state index in [1.54, 1.807) is 0 Å². The standard InChI is InChI=1S/C37H72O2S/c1-3-5-7-9-10-11-12-13-14-15-16-17-18-19-20-21-22-23-24-25-26-27-28-29-30-31-33-35-37(36-40(38)39)34-32-8-6-4-2/h35-36H,3-34H2,1-2H3. The second-order valence-electron chi connectivity index (χ2n) is 12.6. The summed E-state index contributed by atoms with van der Waals surface area (Å²) < 4.78 is 22.1. The van der Waals surface area contributed by atoms with Gasteiger partial charge < -0.3 is 0 Å². The molecular formula is C37H72O2S. The molecule has 0 aromatic carbocycles. The molecule has 0 aliphatic rings. The summed E-state index contributed by atoms with van der Waals surface area (Å²) in [5, 5.41) is 1.42. The summed E-state index contributed by atoms with van der Waals surface area (Å²) in [5.41, 5.74) is 1.02. The molecule has 0 spiro atoms. The fraction of sp³-hybridized carbons (Fsp3) is 0.919. The topological polar surface area (TPSA) is 34.1 Å². The van der Waals surface area contributed by atoms with Gasteiger partial charge in [-0.3, -0.25) is 0 Å². The number of rotatable bonds is 33. The van der Waals surface area contributed by atoms with Crippen LogP contribution in [0.2, 0.25) is 0 Å². The molecule has 0 heterocycles. The molecule has 238 valence electrons. The van der Waals surface area contributed by atoms with Gasteiger partial charge in [-0.25, -0.2) is 0 Å². The fourth-order valence-corrected chi connectivity index (χ4v) is 6.30. The van der Waals surface area contributed by atoms with Gasteiger partial charge in [-0.15, -0.1) is 0 Å². The maximum Gasteiger partial charge on any atom is 0.214 e. The highest BCUT2D eigenvalue weighted by atomic mass is 32.2. The van der Waals surface area contributed by atoms with E-state index in [-0.39, 0.29) is 0 Å². The second-order valence-corrected chi connectivity index (χ2v) is 13.4. The van der Waals surface area contributed by atoms with Gasteiger partial charge in [0.05, 0.1) is 5.37 Å². The van der Waals surface area contributed by atoms with Gasteiger partial charge in [-0.1, -0.05) is 200 Å². The van der Waals surface area contributed by atoms with Crippen molar-refractivity contribution in [1.29, 1.82) is 0 Å². The highest BCUT2D eigenvalue weighted by Gasteiger charge is 1.98.